The molecule has 0 unspecified atom stereocenters. The van der Waals surface area contributed by atoms with Gasteiger partial charge in [-0.15, -0.1) is 0 Å². The van der Waals surface area contributed by atoms with Gasteiger partial charge in [0.25, 0.3) is 0 Å². The van der Waals surface area contributed by atoms with Gasteiger partial charge in [0.2, 0.25) is 0 Å². The minimum absolute atomic E-state index is 0.0833. The molecule has 0 fully saturated rings. The monoisotopic (exact) mass is 178 g/mol. The number of hydrogen-bond acceptors (Lipinski definition) is 1. The Morgan fingerprint density at radius 3 is 2.23 bits per heavy atom. The standard InChI is InChI=1S/C11H11FO/c1-8(2)7-11(13)9-3-5-10(12)6-4-9/h3-7H,1-2H3. The normalized spacial score (nSPS) is 9.46. The number of carbonyl (C=O) groups is 1. The molecule has 0 aliphatic carbocycles. The van der Waals surface area contributed by atoms with Crippen LogP contribution in [0.1, 0.15) is 24.2 Å². The highest BCUT2D eigenvalue weighted by atomic mass is 19.1. The number of allylic oxidation sites excluding steroid dienone is 2. The topological polar surface area (TPSA) is 17.1 Å². The van der Waals surface area contributed by atoms with E-state index < -0.39 is 0 Å². The molecule has 0 aromatic heterocycles. The highest BCUT2D eigenvalue weighted by molar-refractivity contribution is 6.04. The Kier molecular flexibility index (Phi) is 2.96. The van der Waals surface area contributed by atoms with E-state index in [0.29, 0.717) is 5.56 Å². The minimum atomic E-state index is -0.325. The lowest BCUT2D eigenvalue weighted by Crippen LogP contribution is -1.94. The molecule has 0 saturated carbocycles. The van der Waals surface area contributed by atoms with E-state index in [9.17, 15) is 9.18 Å². The molecule has 0 bridgehead atoms. The second-order valence-corrected chi connectivity index (χ2v) is 3.09. The highest BCUT2D eigenvalue weighted by Gasteiger charge is 2.01. The molecule has 0 N–H and O–H groups in total. The molecule has 1 aromatic rings. The molecule has 1 rings (SSSR count). The molecule has 0 amide bonds. The summed E-state index contributed by atoms with van der Waals surface area (Å²) in [7, 11) is 0. The Morgan fingerprint density at radius 1 is 1.23 bits per heavy atom. The van der Waals surface area contributed by atoms with Crippen LogP contribution in [0.15, 0.2) is 35.9 Å². The Labute approximate surface area is 76.9 Å². The van der Waals surface area contributed by atoms with Crippen molar-refractivity contribution in [1.29, 1.82) is 0 Å². The molecular formula is C11H11FO. The first-order chi connectivity index (χ1) is 6.09. The third-order valence-corrected chi connectivity index (χ3v) is 1.55. The van der Waals surface area contributed by atoms with Crippen molar-refractivity contribution in [1.82, 2.24) is 0 Å². The van der Waals surface area contributed by atoms with Gasteiger partial charge in [-0.1, -0.05) is 5.57 Å². The number of halogens is 1. The molecule has 0 heterocycles. The van der Waals surface area contributed by atoms with Gasteiger partial charge < -0.3 is 0 Å². The predicted molar refractivity (Wildman–Crippen MR) is 50.2 cm³/mol. The van der Waals surface area contributed by atoms with Crippen LogP contribution in [0.3, 0.4) is 0 Å². The molecule has 0 spiro atoms. The van der Waals surface area contributed by atoms with E-state index in [2.05, 4.69) is 0 Å². The molecule has 2 heteroatoms. The molecule has 0 radical (unpaired) electrons. The van der Waals surface area contributed by atoms with Crippen LogP contribution in [0.5, 0.6) is 0 Å². The second kappa shape index (κ2) is 3.99. The summed E-state index contributed by atoms with van der Waals surface area (Å²) in [6, 6.07) is 5.53. The van der Waals surface area contributed by atoms with Crippen LogP contribution >= 0.6 is 0 Å². The van der Waals surface area contributed by atoms with Crippen LogP contribution < -0.4 is 0 Å². The summed E-state index contributed by atoms with van der Waals surface area (Å²) >= 11 is 0. The maximum Gasteiger partial charge on any atom is 0.185 e. The quantitative estimate of drug-likeness (QED) is 0.502. The second-order valence-electron chi connectivity index (χ2n) is 3.09. The molecule has 1 nitrogen and oxygen atoms in total. The number of carbonyl (C=O) groups excluding carboxylic acids is 1. The van der Waals surface area contributed by atoms with Crippen LogP contribution in [0.2, 0.25) is 0 Å². The van der Waals surface area contributed by atoms with E-state index in [-0.39, 0.29) is 11.6 Å². The minimum Gasteiger partial charge on any atom is -0.289 e. The van der Waals surface area contributed by atoms with Gasteiger partial charge in [0.1, 0.15) is 5.82 Å². The van der Waals surface area contributed by atoms with Crippen molar-refractivity contribution in [2.45, 2.75) is 13.8 Å². The highest BCUT2D eigenvalue weighted by Crippen LogP contribution is 2.05. The van der Waals surface area contributed by atoms with Crippen LogP contribution in [0, 0.1) is 5.82 Å². The predicted octanol–water partition coefficient (Wildman–Crippen LogP) is 2.97. The van der Waals surface area contributed by atoms with Crippen LogP contribution in [-0.2, 0) is 0 Å². The number of hydrogen-bond donors (Lipinski definition) is 0. The first-order valence-electron chi connectivity index (χ1n) is 4.04. The van der Waals surface area contributed by atoms with Crippen molar-refractivity contribution in [3.05, 3.63) is 47.3 Å². The Balaban J connectivity index is 2.90. The molecular weight excluding hydrogens is 167 g/mol. The van der Waals surface area contributed by atoms with E-state index >= 15 is 0 Å². The zero-order valence-corrected chi connectivity index (χ0v) is 7.67. The summed E-state index contributed by atoms with van der Waals surface area (Å²) in [6.45, 7) is 3.70. The lowest BCUT2D eigenvalue weighted by Gasteiger charge is -1.95. The van der Waals surface area contributed by atoms with Gasteiger partial charge in [-0.05, 0) is 44.2 Å². The fraction of sp³-hybridized carbons (Fsp3) is 0.182. The number of rotatable bonds is 2. The molecule has 1 aromatic carbocycles. The lowest BCUT2D eigenvalue weighted by molar-refractivity contribution is 0.104. The van der Waals surface area contributed by atoms with Crippen molar-refractivity contribution in [2.75, 3.05) is 0 Å². The first kappa shape index (κ1) is 9.65. The maximum absolute atomic E-state index is 12.5. The van der Waals surface area contributed by atoms with Crippen molar-refractivity contribution in [3.63, 3.8) is 0 Å². The fourth-order valence-electron chi connectivity index (χ4n) is 0.960. The number of ketones is 1. The summed E-state index contributed by atoms with van der Waals surface area (Å²) < 4.78 is 12.5. The molecule has 68 valence electrons. The summed E-state index contributed by atoms with van der Waals surface area (Å²) in [4.78, 5) is 11.4. The van der Waals surface area contributed by atoms with E-state index in [1.54, 1.807) is 0 Å². The molecule has 0 saturated heterocycles. The maximum atomic E-state index is 12.5. The summed E-state index contributed by atoms with van der Waals surface area (Å²) in [5.74, 6) is -0.409. The van der Waals surface area contributed by atoms with Crippen molar-refractivity contribution in [3.8, 4) is 0 Å². The van der Waals surface area contributed by atoms with Crippen LogP contribution in [0.4, 0.5) is 4.39 Å². The van der Waals surface area contributed by atoms with Gasteiger partial charge in [0.15, 0.2) is 5.78 Å². The molecule has 13 heavy (non-hydrogen) atoms. The summed E-state index contributed by atoms with van der Waals surface area (Å²) in [5.41, 5.74) is 1.46. The molecule has 0 aliphatic rings. The Hall–Kier alpha value is -1.44. The van der Waals surface area contributed by atoms with Crippen LogP contribution in [-0.4, -0.2) is 5.78 Å². The summed E-state index contributed by atoms with van der Waals surface area (Å²) in [6.07, 6.45) is 1.53. The third kappa shape index (κ3) is 2.82. The van der Waals surface area contributed by atoms with Gasteiger partial charge in [-0.25, -0.2) is 4.39 Å². The largest absolute Gasteiger partial charge is 0.289 e. The average molecular weight is 178 g/mol. The SMILES string of the molecule is CC(C)=CC(=O)c1ccc(F)cc1. The third-order valence-electron chi connectivity index (χ3n) is 1.55. The number of benzene rings is 1. The fourth-order valence-corrected chi connectivity index (χ4v) is 0.960. The Bertz CT molecular complexity index is 332. The van der Waals surface area contributed by atoms with E-state index in [1.807, 2.05) is 13.8 Å². The summed E-state index contributed by atoms with van der Waals surface area (Å²) in [5, 5.41) is 0. The van der Waals surface area contributed by atoms with Crippen molar-refractivity contribution < 1.29 is 9.18 Å². The van der Waals surface area contributed by atoms with Crippen molar-refractivity contribution in [2.24, 2.45) is 0 Å². The van der Waals surface area contributed by atoms with Gasteiger partial charge in [-0.3, -0.25) is 4.79 Å². The first-order valence-corrected chi connectivity index (χ1v) is 4.04. The molecule has 0 atom stereocenters. The molecule has 0 aliphatic heterocycles. The van der Waals surface area contributed by atoms with Gasteiger partial charge in [-0.2, -0.15) is 0 Å². The van der Waals surface area contributed by atoms with Gasteiger partial charge in [0.05, 0.1) is 0 Å². The Morgan fingerprint density at radius 2 is 1.77 bits per heavy atom. The van der Waals surface area contributed by atoms with Crippen LogP contribution in [0.25, 0.3) is 0 Å². The smallest absolute Gasteiger partial charge is 0.185 e. The lowest BCUT2D eigenvalue weighted by atomic mass is 10.1. The van der Waals surface area contributed by atoms with Gasteiger partial charge >= 0.3 is 0 Å². The van der Waals surface area contributed by atoms with E-state index in [1.165, 1.54) is 30.3 Å². The zero-order chi connectivity index (χ0) is 9.84. The van der Waals surface area contributed by atoms with E-state index in [4.69, 9.17) is 0 Å². The van der Waals surface area contributed by atoms with Gasteiger partial charge in [0, 0.05) is 5.56 Å². The zero-order valence-electron chi connectivity index (χ0n) is 7.67. The van der Waals surface area contributed by atoms with E-state index in [0.717, 1.165) is 5.57 Å². The average Bonchev–Trinajstić information content (AvgIpc) is 2.04. The van der Waals surface area contributed by atoms with Crippen molar-refractivity contribution >= 4 is 5.78 Å².